The third-order valence-electron chi connectivity index (χ3n) is 4.10. The van der Waals surface area contributed by atoms with Gasteiger partial charge in [0.15, 0.2) is 0 Å². The molecule has 0 rings (SSSR count). The average Bonchev–Trinajstić information content (AvgIpc) is 2.43. The van der Waals surface area contributed by atoms with Gasteiger partial charge in [-0.3, -0.25) is 0 Å². The van der Waals surface area contributed by atoms with Gasteiger partial charge in [0.05, 0.1) is 6.54 Å². The lowest BCUT2D eigenvalue weighted by molar-refractivity contribution is -0.368. The van der Waals surface area contributed by atoms with Crippen LogP contribution < -0.4 is 45.8 Å². The van der Waals surface area contributed by atoms with Crippen molar-refractivity contribution in [3.05, 3.63) is 0 Å². The van der Waals surface area contributed by atoms with E-state index in [9.17, 15) is 0 Å². The summed E-state index contributed by atoms with van der Waals surface area (Å²) >= 11 is 0. The number of rotatable bonds is 16. The molecule has 2 nitrogen and oxygen atoms in total. The number of unbranched alkanes of at least 4 members (excludes halogenated alkanes) is 15. The van der Waals surface area contributed by atoms with Crippen molar-refractivity contribution in [2.45, 2.75) is 110 Å². The summed E-state index contributed by atoms with van der Waals surface area (Å²) in [5.41, 5.74) is 3.89. The van der Waals surface area contributed by atoms with Crippen molar-refractivity contribution in [3.8, 4) is 0 Å². The molecule has 7 N–H and O–H groups in total. The molecule has 0 amide bonds. The first-order valence-electron chi connectivity index (χ1n) is 9.21. The Hall–Kier alpha value is 0.880. The summed E-state index contributed by atoms with van der Waals surface area (Å²) in [6.07, 6.45) is 23.2. The predicted octanol–water partition coefficient (Wildman–Crippen LogP) is -0.126. The van der Waals surface area contributed by atoms with E-state index in [1.807, 2.05) is 0 Å². The van der Waals surface area contributed by atoms with E-state index in [-0.39, 0.29) is 40.1 Å². The zero-order chi connectivity index (χ0) is 14.0. The fourth-order valence-electron chi connectivity index (χ4n) is 2.72. The van der Waals surface area contributed by atoms with Crippen LogP contribution in [0.4, 0.5) is 0 Å². The van der Waals surface area contributed by atoms with Gasteiger partial charge < -0.3 is 45.8 Å². The second-order valence-corrected chi connectivity index (χ2v) is 6.16. The SMILES string of the molecule is CCCCCCCCCCCCCCCCCC[NH3+].[Br-].[Br-].[NH4+]. The van der Waals surface area contributed by atoms with E-state index in [1.54, 1.807) is 0 Å². The van der Waals surface area contributed by atoms with Crippen molar-refractivity contribution >= 4 is 0 Å². The van der Waals surface area contributed by atoms with Crippen molar-refractivity contribution in [2.75, 3.05) is 6.54 Å². The topological polar surface area (TPSA) is 64.1 Å². The highest BCUT2D eigenvalue weighted by Gasteiger charge is 1.94. The highest BCUT2D eigenvalue weighted by molar-refractivity contribution is 4.49. The summed E-state index contributed by atoms with van der Waals surface area (Å²) in [6, 6.07) is 0. The largest absolute Gasteiger partial charge is 1.00 e. The molecule has 0 aliphatic rings. The maximum absolute atomic E-state index is 3.89. The monoisotopic (exact) mass is 446 g/mol. The molecule has 0 aromatic carbocycles. The van der Waals surface area contributed by atoms with Crippen molar-refractivity contribution in [1.29, 1.82) is 0 Å². The Morgan fingerprint density at radius 3 is 0.909 bits per heavy atom. The molecule has 0 atom stereocenters. The van der Waals surface area contributed by atoms with E-state index in [0.29, 0.717) is 0 Å². The molecule has 0 saturated heterocycles. The standard InChI is InChI=1S/C18H39N.2BrH.H3N/c1-2-3-4-5-6-7-8-9-10-11-12-13-14-15-16-17-18-19;;;/h2-19H2,1H3;2*1H;1H3. The first kappa shape index (κ1) is 30.7. The van der Waals surface area contributed by atoms with Crippen LogP contribution in [-0.2, 0) is 0 Å². The maximum atomic E-state index is 3.89. The van der Waals surface area contributed by atoms with Gasteiger partial charge in [-0.2, -0.15) is 0 Å². The van der Waals surface area contributed by atoms with Crippen molar-refractivity contribution in [2.24, 2.45) is 0 Å². The van der Waals surface area contributed by atoms with Crippen LogP contribution in [0.15, 0.2) is 0 Å². The van der Waals surface area contributed by atoms with Crippen LogP contribution in [0.1, 0.15) is 110 Å². The Balaban J connectivity index is -0.000000540. The highest BCUT2D eigenvalue weighted by Crippen LogP contribution is 2.13. The van der Waals surface area contributed by atoms with Gasteiger partial charge >= 0.3 is 0 Å². The molecule has 0 spiro atoms. The fraction of sp³-hybridized carbons (Fsp3) is 1.00. The van der Waals surface area contributed by atoms with Crippen LogP contribution in [0, 0.1) is 0 Å². The van der Waals surface area contributed by atoms with Gasteiger partial charge in [0.2, 0.25) is 0 Å². The number of hydrogen-bond acceptors (Lipinski definition) is 0. The Labute approximate surface area is 161 Å². The maximum Gasteiger partial charge on any atom is 0.0739 e. The normalized spacial score (nSPS) is 9.55. The van der Waals surface area contributed by atoms with Crippen LogP contribution in [0.5, 0.6) is 0 Å². The van der Waals surface area contributed by atoms with Crippen LogP contribution >= 0.6 is 0 Å². The molecule has 140 valence electrons. The van der Waals surface area contributed by atoms with Crippen molar-refractivity contribution < 1.29 is 39.7 Å². The Bertz CT molecular complexity index is 142. The second-order valence-electron chi connectivity index (χ2n) is 6.16. The molecule has 4 heteroatoms. The first-order chi connectivity index (χ1) is 9.41. The molecule has 22 heavy (non-hydrogen) atoms. The number of halogens is 2. The second kappa shape index (κ2) is 29.8. The third-order valence-corrected chi connectivity index (χ3v) is 4.10. The summed E-state index contributed by atoms with van der Waals surface area (Å²) in [5.74, 6) is 0. The van der Waals surface area contributed by atoms with Crippen LogP contribution in [-0.4, -0.2) is 6.54 Å². The van der Waals surface area contributed by atoms with E-state index >= 15 is 0 Å². The molecule has 0 radical (unpaired) electrons. The number of quaternary nitrogens is 2. The van der Waals surface area contributed by atoms with Crippen molar-refractivity contribution in [3.63, 3.8) is 0 Å². The summed E-state index contributed by atoms with van der Waals surface area (Å²) in [4.78, 5) is 0. The molecule has 0 fully saturated rings. The lowest BCUT2D eigenvalue weighted by atomic mass is 10.0. The summed E-state index contributed by atoms with van der Waals surface area (Å²) in [6.45, 7) is 3.42. The van der Waals surface area contributed by atoms with Gasteiger partial charge in [-0.05, 0) is 12.8 Å². The van der Waals surface area contributed by atoms with E-state index in [0.717, 1.165) is 6.54 Å². The quantitative estimate of drug-likeness (QED) is 0.309. The van der Waals surface area contributed by atoms with Gasteiger partial charge in [-0.25, -0.2) is 0 Å². The minimum Gasteiger partial charge on any atom is -1.00 e. The van der Waals surface area contributed by atoms with Crippen LogP contribution in [0.2, 0.25) is 0 Å². The molecule has 0 saturated carbocycles. The third kappa shape index (κ3) is 29.0. The minimum atomic E-state index is 0. The summed E-state index contributed by atoms with van der Waals surface area (Å²) in [5, 5.41) is 0. The van der Waals surface area contributed by atoms with Crippen molar-refractivity contribution in [1.82, 2.24) is 6.15 Å². The van der Waals surface area contributed by atoms with Crippen LogP contribution in [0.3, 0.4) is 0 Å². The first-order valence-corrected chi connectivity index (χ1v) is 9.21. The van der Waals surface area contributed by atoms with Gasteiger partial charge in [-0.15, -0.1) is 0 Å². The van der Waals surface area contributed by atoms with Crippen LogP contribution in [0.25, 0.3) is 0 Å². The molecule has 0 heterocycles. The van der Waals surface area contributed by atoms with E-state index < -0.39 is 0 Å². The van der Waals surface area contributed by atoms with Gasteiger partial charge in [-0.1, -0.05) is 96.8 Å². The molecule has 0 unspecified atom stereocenters. The van der Waals surface area contributed by atoms with E-state index in [1.165, 1.54) is 103 Å². The lowest BCUT2D eigenvalue weighted by Gasteiger charge is -2.03. The van der Waals surface area contributed by atoms with Gasteiger partial charge in [0.25, 0.3) is 0 Å². The zero-order valence-electron chi connectivity index (χ0n) is 15.5. The lowest BCUT2D eigenvalue weighted by Crippen LogP contribution is -3.00. The molecule has 0 aromatic heterocycles. The van der Waals surface area contributed by atoms with Gasteiger partial charge in [0, 0.05) is 0 Å². The Morgan fingerprint density at radius 1 is 0.455 bits per heavy atom. The smallest absolute Gasteiger partial charge is 0.0739 e. The summed E-state index contributed by atoms with van der Waals surface area (Å²) < 4.78 is 0. The van der Waals surface area contributed by atoms with E-state index in [4.69, 9.17) is 0 Å². The zero-order valence-corrected chi connectivity index (χ0v) is 18.7. The van der Waals surface area contributed by atoms with E-state index in [2.05, 4.69) is 12.7 Å². The molecule has 0 aliphatic carbocycles. The molecule has 0 aliphatic heterocycles. The molecule has 0 bridgehead atoms. The Morgan fingerprint density at radius 2 is 0.682 bits per heavy atom. The average molecular weight is 448 g/mol. The predicted molar refractivity (Wildman–Crippen MR) is 93.3 cm³/mol. The Kier molecular flexibility index (Phi) is 41.7. The highest BCUT2D eigenvalue weighted by atomic mass is 79.9. The summed E-state index contributed by atoms with van der Waals surface area (Å²) in [7, 11) is 0. The molecular weight excluding hydrogens is 404 g/mol. The molecule has 0 aromatic rings. The number of hydrogen-bond donors (Lipinski definition) is 2. The van der Waals surface area contributed by atoms with Gasteiger partial charge in [0.1, 0.15) is 0 Å². The minimum absolute atomic E-state index is 0. The fourth-order valence-corrected chi connectivity index (χ4v) is 2.72. The molecular formula is C18H44Br2N2.